The number of halogens is 1. The molecule has 1 aromatic rings. The van der Waals surface area contributed by atoms with Crippen molar-refractivity contribution in [2.75, 3.05) is 7.11 Å². The van der Waals surface area contributed by atoms with Gasteiger partial charge in [-0.25, -0.2) is 9.78 Å². The summed E-state index contributed by atoms with van der Waals surface area (Å²) >= 11 is 5.46. The van der Waals surface area contributed by atoms with Gasteiger partial charge in [0.05, 0.1) is 7.11 Å². The first-order chi connectivity index (χ1) is 5.25. The number of hydrogen-bond acceptors (Lipinski definition) is 5. The lowest BCUT2D eigenvalue weighted by Gasteiger charge is -1.96. The molecule has 58 valence electrons. The fourth-order valence-corrected chi connectivity index (χ4v) is 0.664. The van der Waals surface area contributed by atoms with Gasteiger partial charge in [-0.1, -0.05) is 11.6 Å². The molecule has 1 rings (SSSR count). The molecule has 0 bridgehead atoms. The van der Waals surface area contributed by atoms with Crippen molar-refractivity contribution in [2.45, 2.75) is 0 Å². The molecular formula is C5H4ClN3O2. The molecule has 5 nitrogen and oxygen atoms in total. The summed E-state index contributed by atoms with van der Waals surface area (Å²) in [6.45, 7) is 0. The first-order valence-electron chi connectivity index (χ1n) is 2.67. The Kier molecular flexibility index (Phi) is 2.32. The molecule has 1 heterocycles. The molecule has 0 saturated heterocycles. The van der Waals surface area contributed by atoms with Crippen molar-refractivity contribution in [3.8, 4) is 0 Å². The maximum absolute atomic E-state index is 10.8. The second-order valence-electron chi connectivity index (χ2n) is 1.59. The Morgan fingerprint density at radius 3 is 3.00 bits per heavy atom. The highest BCUT2D eigenvalue weighted by Crippen LogP contribution is 2.07. The van der Waals surface area contributed by atoms with Crippen molar-refractivity contribution in [1.29, 1.82) is 0 Å². The second-order valence-corrected chi connectivity index (χ2v) is 1.95. The van der Waals surface area contributed by atoms with E-state index in [1.54, 1.807) is 0 Å². The number of carbonyl (C=O) groups is 1. The zero-order chi connectivity index (χ0) is 8.27. The Bertz CT molecular complexity index is 278. The summed E-state index contributed by atoms with van der Waals surface area (Å²) < 4.78 is 4.36. The predicted molar refractivity (Wildman–Crippen MR) is 36.2 cm³/mol. The summed E-state index contributed by atoms with van der Waals surface area (Å²) in [4.78, 5) is 14.4. The quantitative estimate of drug-likeness (QED) is 0.572. The van der Waals surface area contributed by atoms with E-state index in [1.165, 1.54) is 7.11 Å². The van der Waals surface area contributed by atoms with Gasteiger partial charge in [0.15, 0.2) is 10.8 Å². The van der Waals surface area contributed by atoms with Gasteiger partial charge in [-0.3, -0.25) is 0 Å². The van der Waals surface area contributed by atoms with E-state index in [4.69, 9.17) is 11.6 Å². The second kappa shape index (κ2) is 3.25. The van der Waals surface area contributed by atoms with E-state index in [2.05, 4.69) is 19.9 Å². The zero-order valence-corrected chi connectivity index (χ0v) is 6.37. The van der Waals surface area contributed by atoms with E-state index in [-0.39, 0.29) is 10.8 Å². The van der Waals surface area contributed by atoms with Gasteiger partial charge in [-0.15, -0.1) is 10.2 Å². The maximum Gasteiger partial charge on any atom is 0.360 e. The molecule has 0 atom stereocenters. The SMILES string of the molecule is COC(=O)c1ncnnc1Cl. The van der Waals surface area contributed by atoms with E-state index in [9.17, 15) is 4.79 Å². The molecule has 0 saturated carbocycles. The highest BCUT2D eigenvalue weighted by atomic mass is 35.5. The van der Waals surface area contributed by atoms with Crippen LogP contribution in [-0.2, 0) is 4.74 Å². The van der Waals surface area contributed by atoms with Crippen LogP contribution in [0.25, 0.3) is 0 Å². The van der Waals surface area contributed by atoms with E-state index in [0.717, 1.165) is 6.33 Å². The number of hydrogen-bond donors (Lipinski definition) is 0. The molecule has 11 heavy (non-hydrogen) atoms. The molecule has 0 aliphatic heterocycles. The first-order valence-corrected chi connectivity index (χ1v) is 3.05. The monoisotopic (exact) mass is 173 g/mol. The van der Waals surface area contributed by atoms with Gasteiger partial charge in [-0.05, 0) is 0 Å². The largest absolute Gasteiger partial charge is 0.464 e. The van der Waals surface area contributed by atoms with Crippen LogP contribution in [-0.4, -0.2) is 28.3 Å². The van der Waals surface area contributed by atoms with Gasteiger partial charge in [0.2, 0.25) is 0 Å². The molecule has 0 aliphatic carbocycles. The van der Waals surface area contributed by atoms with Crippen molar-refractivity contribution in [3.63, 3.8) is 0 Å². The van der Waals surface area contributed by atoms with E-state index in [1.807, 2.05) is 0 Å². The Morgan fingerprint density at radius 2 is 2.45 bits per heavy atom. The number of carbonyl (C=O) groups excluding carboxylic acids is 1. The standard InChI is InChI=1S/C5H4ClN3O2/c1-11-5(10)3-4(6)9-8-2-7-3/h2H,1H3. The van der Waals surface area contributed by atoms with Crippen molar-refractivity contribution >= 4 is 17.6 Å². The van der Waals surface area contributed by atoms with Crippen molar-refractivity contribution < 1.29 is 9.53 Å². The maximum atomic E-state index is 10.8. The molecule has 0 amide bonds. The molecular weight excluding hydrogens is 170 g/mol. The third-order valence-electron chi connectivity index (χ3n) is 0.958. The predicted octanol–water partition coefficient (Wildman–Crippen LogP) is 0.312. The summed E-state index contributed by atoms with van der Waals surface area (Å²) in [5, 5.41) is 6.70. The molecule has 0 unspecified atom stereocenters. The third-order valence-corrected chi connectivity index (χ3v) is 1.21. The van der Waals surface area contributed by atoms with Crippen molar-refractivity contribution in [2.24, 2.45) is 0 Å². The van der Waals surface area contributed by atoms with Gasteiger partial charge < -0.3 is 4.74 Å². The molecule has 0 aromatic carbocycles. The highest BCUT2D eigenvalue weighted by Gasteiger charge is 2.12. The number of esters is 1. The van der Waals surface area contributed by atoms with Crippen LogP contribution in [0.15, 0.2) is 6.33 Å². The Balaban J connectivity index is 3.03. The number of rotatable bonds is 1. The molecule has 0 radical (unpaired) electrons. The van der Waals surface area contributed by atoms with Crippen LogP contribution in [0.4, 0.5) is 0 Å². The van der Waals surface area contributed by atoms with Gasteiger partial charge in [0.25, 0.3) is 0 Å². The van der Waals surface area contributed by atoms with Gasteiger partial charge >= 0.3 is 5.97 Å². The van der Waals surface area contributed by atoms with Gasteiger partial charge in [-0.2, -0.15) is 0 Å². The molecule has 6 heteroatoms. The van der Waals surface area contributed by atoms with Crippen LogP contribution < -0.4 is 0 Å². The van der Waals surface area contributed by atoms with E-state index in [0.29, 0.717) is 0 Å². The average Bonchev–Trinajstić information content (AvgIpc) is 2.04. The summed E-state index contributed by atoms with van der Waals surface area (Å²) in [6.07, 6.45) is 1.12. The topological polar surface area (TPSA) is 65.0 Å². The van der Waals surface area contributed by atoms with Crippen LogP contribution in [0, 0.1) is 0 Å². The van der Waals surface area contributed by atoms with Gasteiger partial charge in [0.1, 0.15) is 6.33 Å². The third kappa shape index (κ3) is 1.62. The molecule has 0 fully saturated rings. The highest BCUT2D eigenvalue weighted by molar-refractivity contribution is 6.31. The smallest absolute Gasteiger partial charge is 0.360 e. The Labute approximate surface area is 67.4 Å². The molecule has 0 N–H and O–H groups in total. The van der Waals surface area contributed by atoms with Crippen LogP contribution >= 0.6 is 11.6 Å². The molecule has 0 spiro atoms. The lowest BCUT2D eigenvalue weighted by atomic mass is 10.5. The average molecular weight is 174 g/mol. The van der Waals surface area contributed by atoms with Crippen LogP contribution in [0.5, 0.6) is 0 Å². The summed E-state index contributed by atoms with van der Waals surface area (Å²) in [5.41, 5.74) is -0.0239. The van der Waals surface area contributed by atoms with Crippen molar-refractivity contribution in [1.82, 2.24) is 15.2 Å². The van der Waals surface area contributed by atoms with Crippen LogP contribution in [0.3, 0.4) is 0 Å². The molecule has 0 aliphatic rings. The lowest BCUT2D eigenvalue weighted by Crippen LogP contribution is -2.06. The molecule has 1 aromatic heterocycles. The summed E-state index contributed by atoms with van der Waals surface area (Å²) in [6, 6.07) is 0. The lowest BCUT2D eigenvalue weighted by molar-refractivity contribution is 0.0593. The number of methoxy groups -OCH3 is 1. The zero-order valence-electron chi connectivity index (χ0n) is 5.61. The Hall–Kier alpha value is -1.23. The van der Waals surface area contributed by atoms with E-state index >= 15 is 0 Å². The normalized spacial score (nSPS) is 9.27. The summed E-state index contributed by atoms with van der Waals surface area (Å²) in [7, 11) is 1.24. The fraction of sp³-hybridized carbons (Fsp3) is 0.200. The number of nitrogens with zero attached hydrogens (tertiary/aromatic N) is 3. The van der Waals surface area contributed by atoms with E-state index < -0.39 is 5.97 Å². The minimum absolute atomic E-state index is 0.0239. The van der Waals surface area contributed by atoms with Crippen LogP contribution in [0.1, 0.15) is 10.5 Å². The van der Waals surface area contributed by atoms with Gasteiger partial charge in [0, 0.05) is 0 Å². The minimum atomic E-state index is -0.620. The number of aromatic nitrogens is 3. The minimum Gasteiger partial charge on any atom is -0.464 e. The first kappa shape index (κ1) is 7.87. The fourth-order valence-electron chi connectivity index (χ4n) is 0.494. The van der Waals surface area contributed by atoms with Crippen LogP contribution in [0.2, 0.25) is 5.15 Å². The summed E-state index contributed by atoms with van der Waals surface area (Å²) in [5.74, 6) is -0.620. The van der Waals surface area contributed by atoms with Crippen molar-refractivity contribution in [3.05, 3.63) is 17.2 Å². The number of ether oxygens (including phenoxy) is 1. The Morgan fingerprint density at radius 1 is 1.73 bits per heavy atom.